The Morgan fingerprint density at radius 3 is 2.77 bits per heavy atom. The first-order chi connectivity index (χ1) is 14.6. The smallest absolute Gasteiger partial charge is 0.230 e. The fourth-order valence-corrected chi connectivity index (χ4v) is 4.15. The Morgan fingerprint density at radius 2 is 2.00 bits per heavy atom. The molecule has 0 unspecified atom stereocenters. The number of ether oxygens (including phenoxy) is 2. The van der Waals surface area contributed by atoms with Crippen molar-refractivity contribution in [1.82, 2.24) is 10.2 Å². The summed E-state index contributed by atoms with van der Waals surface area (Å²) in [5.74, 6) is 1.20. The lowest BCUT2D eigenvalue weighted by Gasteiger charge is -2.31. The van der Waals surface area contributed by atoms with Gasteiger partial charge >= 0.3 is 0 Å². The van der Waals surface area contributed by atoms with E-state index in [1.54, 1.807) is 0 Å². The molecule has 30 heavy (non-hydrogen) atoms. The molecule has 1 aliphatic rings. The molecular weight excluding hydrogens is 420 g/mol. The molecule has 1 amide bonds. The van der Waals surface area contributed by atoms with Gasteiger partial charge in [0.05, 0.1) is 5.75 Å². The minimum Gasteiger partial charge on any atom is -0.492 e. The normalized spacial score (nSPS) is 14.6. The first-order valence-electron chi connectivity index (χ1n) is 10.2. The number of hydrogen-bond donors (Lipinski definition) is 1. The molecule has 2 aromatic rings. The lowest BCUT2D eigenvalue weighted by molar-refractivity contribution is -0.118. The van der Waals surface area contributed by atoms with Gasteiger partial charge in [0, 0.05) is 42.3 Å². The molecule has 0 saturated carbocycles. The summed E-state index contributed by atoms with van der Waals surface area (Å²) in [6.07, 6.45) is 2.17. The Labute approximate surface area is 188 Å². The van der Waals surface area contributed by atoms with Crippen molar-refractivity contribution in [3.63, 3.8) is 0 Å². The molecule has 0 atom stereocenters. The fraction of sp³-hybridized carbons (Fsp3) is 0.435. The van der Waals surface area contributed by atoms with Crippen LogP contribution in [0.15, 0.2) is 53.4 Å². The number of hydrogen-bond acceptors (Lipinski definition) is 5. The van der Waals surface area contributed by atoms with Crippen molar-refractivity contribution in [3.8, 4) is 5.75 Å². The van der Waals surface area contributed by atoms with Crippen LogP contribution in [0.25, 0.3) is 0 Å². The van der Waals surface area contributed by atoms with Crippen molar-refractivity contribution >= 4 is 29.3 Å². The van der Waals surface area contributed by atoms with E-state index in [1.807, 2.05) is 48.5 Å². The molecule has 3 rings (SSSR count). The molecule has 0 spiro atoms. The van der Waals surface area contributed by atoms with Crippen molar-refractivity contribution in [1.29, 1.82) is 0 Å². The number of nitrogens with one attached hydrogen (secondary N) is 1. The van der Waals surface area contributed by atoms with Gasteiger partial charge in [-0.1, -0.05) is 23.7 Å². The lowest BCUT2D eigenvalue weighted by Crippen LogP contribution is -2.38. The molecule has 1 fully saturated rings. The van der Waals surface area contributed by atoms with E-state index >= 15 is 0 Å². The summed E-state index contributed by atoms with van der Waals surface area (Å²) < 4.78 is 11.4. The van der Waals surface area contributed by atoms with Crippen LogP contribution in [-0.4, -0.2) is 56.0 Å². The van der Waals surface area contributed by atoms with Gasteiger partial charge in [0.15, 0.2) is 0 Å². The van der Waals surface area contributed by atoms with Crippen LogP contribution in [0.4, 0.5) is 0 Å². The second-order valence-corrected chi connectivity index (χ2v) is 8.82. The van der Waals surface area contributed by atoms with Crippen LogP contribution < -0.4 is 10.1 Å². The van der Waals surface area contributed by atoms with Gasteiger partial charge in [-0.15, -0.1) is 11.8 Å². The predicted octanol–water partition coefficient (Wildman–Crippen LogP) is 4.24. The minimum atomic E-state index is -0.000595. The van der Waals surface area contributed by atoms with E-state index in [1.165, 1.54) is 11.8 Å². The SMILES string of the molecule is CN(CCOc1cccc(CNC(=O)CSc2ccc(Cl)cc2)c1)C1CCOCC1. The third-order valence-corrected chi connectivity index (χ3v) is 6.36. The van der Waals surface area contributed by atoms with Gasteiger partial charge in [-0.3, -0.25) is 9.69 Å². The second kappa shape index (κ2) is 12.2. The summed E-state index contributed by atoms with van der Waals surface area (Å²) in [6, 6.07) is 16.0. The number of amides is 1. The number of thioether (sulfide) groups is 1. The van der Waals surface area contributed by atoms with Crippen LogP contribution in [0.2, 0.25) is 5.02 Å². The van der Waals surface area contributed by atoms with Gasteiger partial charge in [-0.25, -0.2) is 0 Å². The van der Waals surface area contributed by atoms with Crippen LogP contribution in [-0.2, 0) is 16.1 Å². The Bertz CT molecular complexity index is 797. The molecule has 2 aromatic carbocycles. The zero-order chi connectivity index (χ0) is 21.2. The first kappa shape index (κ1) is 22.9. The van der Waals surface area contributed by atoms with E-state index in [0.717, 1.165) is 48.8 Å². The first-order valence-corrected chi connectivity index (χ1v) is 11.6. The summed E-state index contributed by atoms with van der Waals surface area (Å²) >= 11 is 7.37. The summed E-state index contributed by atoms with van der Waals surface area (Å²) in [5.41, 5.74) is 1.02. The molecule has 0 radical (unpaired) electrons. The average Bonchev–Trinajstić information content (AvgIpc) is 2.78. The highest BCUT2D eigenvalue weighted by Gasteiger charge is 2.17. The Hall–Kier alpha value is -1.73. The van der Waals surface area contributed by atoms with Gasteiger partial charge in [-0.2, -0.15) is 0 Å². The number of rotatable bonds is 10. The van der Waals surface area contributed by atoms with Crippen LogP contribution in [0.5, 0.6) is 5.75 Å². The molecule has 0 aromatic heterocycles. The zero-order valence-corrected chi connectivity index (χ0v) is 18.9. The number of carbonyl (C=O) groups excluding carboxylic acids is 1. The molecule has 0 bridgehead atoms. The maximum atomic E-state index is 12.1. The summed E-state index contributed by atoms with van der Waals surface area (Å²) in [4.78, 5) is 15.5. The molecular formula is C23H29ClN2O3S. The fourth-order valence-electron chi connectivity index (χ4n) is 3.29. The molecule has 1 heterocycles. The highest BCUT2D eigenvalue weighted by molar-refractivity contribution is 8.00. The van der Waals surface area contributed by atoms with Crippen LogP contribution in [0.3, 0.4) is 0 Å². The molecule has 0 aliphatic carbocycles. The highest BCUT2D eigenvalue weighted by Crippen LogP contribution is 2.20. The quantitative estimate of drug-likeness (QED) is 0.551. The van der Waals surface area contributed by atoms with Gasteiger partial charge in [0.1, 0.15) is 12.4 Å². The average molecular weight is 449 g/mol. The largest absolute Gasteiger partial charge is 0.492 e. The second-order valence-electron chi connectivity index (χ2n) is 7.34. The van der Waals surface area contributed by atoms with Crippen molar-refractivity contribution in [2.75, 3.05) is 39.2 Å². The molecule has 5 nitrogen and oxygen atoms in total. The van der Waals surface area contributed by atoms with Crippen LogP contribution in [0.1, 0.15) is 18.4 Å². The standard InChI is InChI=1S/C23H29ClN2O3S/c1-26(20-9-12-28-13-10-20)11-14-29-21-4-2-3-18(15-21)16-25-23(27)17-30-22-7-5-19(24)6-8-22/h2-8,15,20H,9-14,16-17H2,1H3,(H,25,27). The van der Waals surface area contributed by atoms with E-state index in [-0.39, 0.29) is 5.91 Å². The van der Waals surface area contributed by atoms with E-state index in [9.17, 15) is 4.79 Å². The number of halogens is 1. The minimum absolute atomic E-state index is 0.000595. The van der Waals surface area contributed by atoms with Crippen molar-refractivity contribution in [3.05, 3.63) is 59.1 Å². The maximum absolute atomic E-state index is 12.1. The van der Waals surface area contributed by atoms with Gasteiger partial charge in [-0.05, 0) is 61.9 Å². The van der Waals surface area contributed by atoms with E-state index in [2.05, 4.69) is 17.3 Å². The van der Waals surface area contributed by atoms with Crippen molar-refractivity contribution in [2.45, 2.75) is 30.3 Å². The number of carbonyl (C=O) groups is 1. The monoisotopic (exact) mass is 448 g/mol. The lowest BCUT2D eigenvalue weighted by atomic mass is 10.1. The highest BCUT2D eigenvalue weighted by atomic mass is 35.5. The van der Waals surface area contributed by atoms with E-state index in [0.29, 0.717) is 30.0 Å². The topological polar surface area (TPSA) is 50.8 Å². The maximum Gasteiger partial charge on any atom is 0.230 e. The summed E-state index contributed by atoms with van der Waals surface area (Å²) in [7, 11) is 2.15. The molecule has 1 saturated heterocycles. The Morgan fingerprint density at radius 1 is 1.23 bits per heavy atom. The number of nitrogens with zero attached hydrogens (tertiary/aromatic N) is 1. The van der Waals surface area contributed by atoms with E-state index < -0.39 is 0 Å². The molecule has 1 N–H and O–H groups in total. The zero-order valence-electron chi connectivity index (χ0n) is 17.3. The van der Waals surface area contributed by atoms with Crippen LogP contribution in [0, 0.1) is 0 Å². The number of likely N-dealkylation sites (N-methyl/N-ethyl adjacent to an activating group) is 1. The summed E-state index contributed by atoms with van der Waals surface area (Å²) in [5, 5.41) is 3.66. The summed E-state index contributed by atoms with van der Waals surface area (Å²) in [6.45, 7) is 3.71. The van der Waals surface area contributed by atoms with Crippen molar-refractivity contribution in [2.24, 2.45) is 0 Å². The molecule has 162 valence electrons. The molecule has 1 aliphatic heterocycles. The van der Waals surface area contributed by atoms with Gasteiger partial charge in [0.2, 0.25) is 5.91 Å². The third-order valence-electron chi connectivity index (χ3n) is 5.10. The Balaban J connectivity index is 1.37. The van der Waals surface area contributed by atoms with E-state index in [4.69, 9.17) is 21.1 Å². The Kier molecular flexibility index (Phi) is 9.33. The van der Waals surface area contributed by atoms with Gasteiger partial charge < -0.3 is 14.8 Å². The third kappa shape index (κ3) is 7.84. The van der Waals surface area contributed by atoms with Crippen LogP contribution >= 0.6 is 23.4 Å². The van der Waals surface area contributed by atoms with Crippen molar-refractivity contribution < 1.29 is 14.3 Å². The predicted molar refractivity (Wildman–Crippen MR) is 122 cm³/mol. The van der Waals surface area contributed by atoms with Gasteiger partial charge in [0.25, 0.3) is 0 Å². The molecule has 7 heteroatoms. The number of benzene rings is 2.